The molecule has 1 aliphatic heterocycles. The highest BCUT2D eigenvalue weighted by Crippen LogP contribution is 2.38. The number of esters is 1. The molecule has 7 heteroatoms. The van der Waals surface area contributed by atoms with Crippen molar-refractivity contribution in [2.24, 2.45) is 4.99 Å². The molecule has 0 N–H and O–H groups in total. The molecule has 0 unspecified atom stereocenters. The van der Waals surface area contributed by atoms with E-state index in [1.54, 1.807) is 18.2 Å². The topological polar surface area (TPSA) is 57.1 Å². The number of cyclic esters (lactones) is 1. The summed E-state index contributed by atoms with van der Waals surface area (Å²) in [6.45, 7) is 2.38. The first kappa shape index (κ1) is 22.1. The summed E-state index contributed by atoms with van der Waals surface area (Å²) in [7, 11) is 1.54. The third-order valence-corrected chi connectivity index (χ3v) is 5.54. The normalized spacial score (nSPS) is 14.3. The maximum Gasteiger partial charge on any atom is 0.363 e. The summed E-state index contributed by atoms with van der Waals surface area (Å²) in [6.07, 6.45) is 1.60. The Morgan fingerprint density at radius 3 is 2.62 bits per heavy atom. The number of benzene rings is 3. The van der Waals surface area contributed by atoms with Gasteiger partial charge in [-0.25, -0.2) is 9.79 Å². The zero-order valence-corrected chi connectivity index (χ0v) is 19.7. The van der Waals surface area contributed by atoms with Gasteiger partial charge >= 0.3 is 5.97 Å². The van der Waals surface area contributed by atoms with Crippen LogP contribution in [0.3, 0.4) is 0 Å². The summed E-state index contributed by atoms with van der Waals surface area (Å²) in [6, 6.07) is 18.8. The molecule has 0 amide bonds. The van der Waals surface area contributed by atoms with Crippen molar-refractivity contribution in [3.05, 3.63) is 98.1 Å². The van der Waals surface area contributed by atoms with Gasteiger partial charge in [0.25, 0.3) is 0 Å². The molecule has 1 aliphatic rings. The van der Waals surface area contributed by atoms with Crippen LogP contribution in [0.4, 0.5) is 0 Å². The van der Waals surface area contributed by atoms with Gasteiger partial charge in [-0.05, 0) is 60.5 Å². The Hall–Kier alpha value is -3.09. The summed E-state index contributed by atoms with van der Waals surface area (Å²) in [4.78, 5) is 16.7. The Balaban J connectivity index is 1.59. The number of ether oxygens (including phenoxy) is 3. The van der Waals surface area contributed by atoms with Gasteiger partial charge in [-0.2, -0.15) is 0 Å². The molecule has 0 bridgehead atoms. The van der Waals surface area contributed by atoms with E-state index in [1.807, 2.05) is 55.5 Å². The van der Waals surface area contributed by atoms with Gasteiger partial charge in [0, 0.05) is 10.0 Å². The molecule has 3 aromatic rings. The van der Waals surface area contributed by atoms with Gasteiger partial charge in [-0.1, -0.05) is 57.4 Å². The van der Waals surface area contributed by atoms with Crippen molar-refractivity contribution >= 4 is 45.5 Å². The fourth-order valence-corrected chi connectivity index (χ4v) is 3.74. The van der Waals surface area contributed by atoms with E-state index >= 15 is 0 Å². The zero-order valence-electron chi connectivity index (χ0n) is 17.4. The molecule has 0 spiro atoms. The number of aliphatic imine (C=N–C) groups is 1. The first-order chi connectivity index (χ1) is 15.4. The van der Waals surface area contributed by atoms with Crippen molar-refractivity contribution < 1.29 is 19.0 Å². The first-order valence-electron chi connectivity index (χ1n) is 9.77. The number of carbonyl (C=O) groups is 1. The first-order valence-corrected chi connectivity index (χ1v) is 10.9. The van der Waals surface area contributed by atoms with Crippen LogP contribution in [0.2, 0.25) is 5.02 Å². The van der Waals surface area contributed by atoms with E-state index in [-0.39, 0.29) is 11.6 Å². The number of hydrogen-bond donors (Lipinski definition) is 0. The number of methoxy groups -OCH3 is 1. The van der Waals surface area contributed by atoms with Gasteiger partial charge in [-0.3, -0.25) is 0 Å². The molecule has 0 saturated carbocycles. The van der Waals surface area contributed by atoms with Crippen molar-refractivity contribution in [3.8, 4) is 11.5 Å². The van der Waals surface area contributed by atoms with Crippen LogP contribution in [-0.4, -0.2) is 19.0 Å². The van der Waals surface area contributed by atoms with Gasteiger partial charge in [-0.15, -0.1) is 0 Å². The van der Waals surface area contributed by atoms with Crippen molar-refractivity contribution in [1.29, 1.82) is 0 Å². The number of rotatable bonds is 6. The Labute approximate surface area is 199 Å². The quantitative estimate of drug-likeness (QED) is 0.285. The number of aryl methyl sites for hydroxylation is 1. The molecule has 0 aromatic heterocycles. The van der Waals surface area contributed by atoms with Crippen LogP contribution in [0.5, 0.6) is 11.5 Å². The second kappa shape index (κ2) is 9.59. The molecule has 0 aliphatic carbocycles. The summed E-state index contributed by atoms with van der Waals surface area (Å²) in [5.74, 6) is 0.619. The molecule has 32 heavy (non-hydrogen) atoms. The standard InChI is InChI=1S/C25H19BrClNO4/c1-15-4-3-5-16(10-15)14-31-23-20(27)11-17(13-22(23)30-2)12-21-25(29)32-24(28-21)18-6-8-19(26)9-7-18/h3-13H,14H2,1-2H3/b21-12-. The van der Waals surface area contributed by atoms with Crippen LogP contribution < -0.4 is 9.47 Å². The second-order valence-electron chi connectivity index (χ2n) is 7.15. The smallest absolute Gasteiger partial charge is 0.363 e. The minimum atomic E-state index is -0.530. The number of halogens is 2. The number of hydrogen-bond acceptors (Lipinski definition) is 5. The van der Waals surface area contributed by atoms with Crippen LogP contribution in [0.25, 0.3) is 6.08 Å². The van der Waals surface area contributed by atoms with Crippen molar-refractivity contribution in [2.75, 3.05) is 7.11 Å². The molecule has 5 nitrogen and oxygen atoms in total. The predicted molar refractivity (Wildman–Crippen MR) is 128 cm³/mol. The van der Waals surface area contributed by atoms with Crippen LogP contribution >= 0.6 is 27.5 Å². The van der Waals surface area contributed by atoms with Crippen LogP contribution in [-0.2, 0) is 16.1 Å². The summed E-state index contributed by atoms with van der Waals surface area (Å²) in [5, 5.41) is 0.368. The third kappa shape index (κ3) is 5.03. The lowest BCUT2D eigenvalue weighted by Gasteiger charge is -2.13. The molecular formula is C25H19BrClNO4. The zero-order chi connectivity index (χ0) is 22.7. The molecule has 0 saturated heterocycles. The van der Waals surface area contributed by atoms with E-state index in [0.717, 1.165) is 15.6 Å². The molecule has 0 atom stereocenters. The van der Waals surface area contributed by atoms with Crippen molar-refractivity contribution in [2.45, 2.75) is 13.5 Å². The average Bonchev–Trinajstić information content (AvgIpc) is 3.13. The van der Waals surface area contributed by atoms with Crippen LogP contribution in [0, 0.1) is 6.92 Å². The molecule has 0 fully saturated rings. The predicted octanol–water partition coefficient (Wildman–Crippen LogP) is 6.34. The maximum absolute atomic E-state index is 12.3. The highest BCUT2D eigenvalue weighted by Gasteiger charge is 2.24. The molecule has 162 valence electrons. The maximum atomic E-state index is 12.3. The summed E-state index contributed by atoms with van der Waals surface area (Å²) < 4.78 is 17.6. The fraction of sp³-hybridized carbons (Fsp3) is 0.120. The SMILES string of the molecule is COc1cc(/C=C2\N=C(c3ccc(Br)cc3)OC2=O)cc(Cl)c1OCc1cccc(C)c1. The molecule has 4 rings (SSSR count). The van der Waals surface area contributed by atoms with Crippen LogP contribution in [0.1, 0.15) is 22.3 Å². The van der Waals surface area contributed by atoms with E-state index in [9.17, 15) is 4.79 Å². The highest BCUT2D eigenvalue weighted by molar-refractivity contribution is 9.10. The molecule has 0 radical (unpaired) electrons. The van der Waals surface area contributed by atoms with E-state index < -0.39 is 5.97 Å². The fourth-order valence-electron chi connectivity index (χ4n) is 3.20. The minimum absolute atomic E-state index is 0.175. The van der Waals surface area contributed by atoms with Gasteiger partial charge in [0.1, 0.15) is 6.61 Å². The second-order valence-corrected chi connectivity index (χ2v) is 8.48. The van der Waals surface area contributed by atoms with Crippen molar-refractivity contribution in [1.82, 2.24) is 0 Å². The van der Waals surface area contributed by atoms with Gasteiger partial charge in [0.15, 0.2) is 17.2 Å². The van der Waals surface area contributed by atoms with Gasteiger partial charge in [0.2, 0.25) is 5.90 Å². The van der Waals surface area contributed by atoms with Gasteiger partial charge < -0.3 is 14.2 Å². The largest absolute Gasteiger partial charge is 0.493 e. The number of carbonyl (C=O) groups excluding carboxylic acids is 1. The Bertz CT molecular complexity index is 1240. The van der Waals surface area contributed by atoms with E-state index in [0.29, 0.717) is 34.3 Å². The average molecular weight is 513 g/mol. The summed E-state index contributed by atoms with van der Waals surface area (Å²) >= 11 is 9.86. The van der Waals surface area contributed by atoms with E-state index in [2.05, 4.69) is 20.9 Å². The molecule has 3 aromatic carbocycles. The monoisotopic (exact) mass is 511 g/mol. The summed E-state index contributed by atoms with van der Waals surface area (Å²) in [5.41, 5.74) is 3.70. The lowest BCUT2D eigenvalue weighted by atomic mass is 10.1. The van der Waals surface area contributed by atoms with Crippen molar-refractivity contribution in [3.63, 3.8) is 0 Å². The minimum Gasteiger partial charge on any atom is -0.493 e. The molecule has 1 heterocycles. The van der Waals surface area contributed by atoms with Gasteiger partial charge in [0.05, 0.1) is 12.1 Å². The van der Waals surface area contributed by atoms with E-state index in [4.69, 9.17) is 25.8 Å². The third-order valence-electron chi connectivity index (χ3n) is 4.73. The molecular weight excluding hydrogens is 494 g/mol. The Morgan fingerprint density at radius 1 is 1.12 bits per heavy atom. The lowest BCUT2D eigenvalue weighted by Crippen LogP contribution is -2.05. The Morgan fingerprint density at radius 2 is 1.91 bits per heavy atom. The van der Waals surface area contributed by atoms with Crippen LogP contribution in [0.15, 0.2) is 75.8 Å². The lowest BCUT2D eigenvalue weighted by molar-refractivity contribution is -0.129. The van der Waals surface area contributed by atoms with E-state index in [1.165, 1.54) is 7.11 Å². The number of nitrogens with zero attached hydrogens (tertiary/aromatic N) is 1. The Kier molecular flexibility index (Phi) is 6.63. The highest BCUT2D eigenvalue weighted by atomic mass is 79.9.